The van der Waals surface area contributed by atoms with E-state index in [-0.39, 0.29) is 6.04 Å². The van der Waals surface area contributed by atoms with Gasteiger partial charge in [-0.1, -0.05) is 23.2 Å². The molecular weight excluding hydrogens is 329 g/mol. The molecule has 4 nitrogen and oxygen atoms in total. The molecule has 3 heterocycles. The van der Waals surface area contributed by atoms with Crippen molar-refractivity contribution in [1.29, 1.82) is 0 Å². The standard InChI is InChI=1S/C14H17Cl2N3OS/c1-9(12-5-13(15)21-14(12)16)18-10-6-17-19(7-10)8-11-3-2-4-20-11/h5-7,9,11,18H,2-4,8H2,1H3. The molecule has 2 unspecified atom stereocenters. The summed E-state index contributed by atoms with van der Waals surface area (Å²) < 4.78 is 8.98. The zero-order chi connectivity index (χ0) is 14.8. The van der Waals surface area contributed by atoms with Gasteiger partial charge in [0.2, 0.25) is 0 Å². The molecule has 1 aliphatic heterocycles. The Morgan fingerprint density at radius 3 is 3.10 bits per heavy atom. The third-order valence-corrected chi connectivity index (χ3v) is 5.10. The van der Waals surface area contributed by atoms with Crippen molar-refractivity contribution in [3.63, 3.8) is 0 Å². The second kappa shape index (κ2) is 6.57. The lowest BCUT2D eigenvalue weighted by Crippen LogP contribution is -2.15. The molecular formula is C14H17Cl2N3OS. The van der Waals surface area contributed by atoms with Gasteiger partial charge >= 0.3 is 0 Å². The van der Waals surface area contributed by atoms with Gasteiger partial charge in [0, 0.05) is 18.4 Å². The minimum absolute atomic E-state index is 0.0848. The van der Waals surface area contributed by atoms with Crippen molar-refractivity contribution in [2.45, 2.75) is 38.5 Å². The summed E-state index contributed by atoms with van der Waals surface area (Å²) in [5, 5.41) is 7.77. The van der Waals surface area contributed by atoms with Crippen LogP contribution in [0, 0.1) is 0 Å². The van der Waals surface area contributed by atoms with E-state index in [2.05, 4.69) is 17.3 Å². The summed E-state index contributed by atoms with van der Waals surface area (Å²) in [5.74, 6) is 0. The van der Waals surface area contributed by atoms with Crippen LogP contribution >= 0.6 is 34.5 Å². The van der Waals surface area contributed by atoms with Crippen LogP contribution in [0.25, 0.3) is 0 Å². The number of halogens is 2. The van der Waals surface area contributed by atoms with E-state index in [0.29, 0.717) is 10.4 Å². The second-order valence-corrected chi connectivity index (χ2v) is 7.52. The third-order valence-electron chi connectivity index (χ3n) is 3.58. The zero-order valence-corrected chi connectivity index (χ0v) is 14.0. The highest BCUT2D eigenvalue weighted by Crippen LogP contribution is 2.36. The quantitative estimate of drug-likeness (QED) is 0.860. The predicted octanol–water partition coefficient (Wildman–Crippen LogP) is 4.60. The van der Waals surface area contributed by atoms with Crippen LogP contribution in [-0.2, 0) is 11.3 Å². The van der Waals surface area contributed by atoms with Crippen LogP contribution in [0.2, 0.25) is 8.67 Å². The monoisotopic (exact) mass is 345 g/mol. The summed E-state index contributed by atoms with van der Waals surface area (Å²) >= 11 is 13.6. The van der Waals surface area contributed by atoms with E-state index in [4.69, 9.17) is 27.9 Å². The lowest BCUT2D eigenvalue weighted by molar-refractivity contribution is 0.0940. The minimum atomic E-state index is 0.0848. The number of nitrogens with one attached hydrogen (secondary N) is 1. The van der Waals surface area contributed by atoms with Gasteiger partial charge in [-0.25, -0.2) is 0 Å². The Bertz CT molecular complexity index is 607. The van der Waals surface area contributed by atoms with Crippen LogP contribution in [0.15, 0.2) is 18.5 Å². The summed E-state index contributed by atoms with van der Waals surface area (Å²) in [7, 11) is 0. The van der Waals surface area contributed by atoms with E-state index in [0.717, 1.165) is 41.6 Å². The molecule has 0 spiro atoms. The number of nitrogens with zero attached hydrogens (tertiary/aromatic N) is 2. The molecule has 21 heavy (non-hydrogen) atoms. The maximum Gasteiger partial charge on any atom is 0.0996 e. The Kier molecular flexibility index (Phi) is 4.74. The van der Waals surface area contributed by atoms with Crippen molar-refractivity contribution in [3.05, 3.63) is 32.7 Å². The van der Waals surface area contributed by atoms with Crippen LogP contribution in [0.1, 0.15) is 31.4 Å². The number of aromatic nitrogens is 2. The van der Waals surface area contributed by atoms with Gasteiger partial charge in [-0.2, -0.15) is 5.10 Å². The fourth-order valence-electron chi connectivity index (χ4n) is 2.51. The molecule has 0 amide bonds. The van der Waals surface area contributed by atoms with Gasteiger partial charge in [-0.15, -0.1) is 11.3 Å². The first-order chi connectivity index (χ1) is 10.1. The van der Waals surface area contributed by atoms with Gasteiger partial charge in [0.05, 0.1) is 39.2 Å². The Morgan fingerprint density at radius 2 is 2.43 bits per heavy atom. The molecule has 114 valence electrons. The second-order valence-electron chi connectivity index (χ2n) is 5.23. The molecule has 3 rings (SSSR count). The number of hydrogen-bond donors (Lipinski definition) is 1. The molecule has 1 aliphatic rings. The van der Waals surface area contributed by atoms with Crippen LogP contribution in [0.3, 0.4) is 0 Å². The minimum Gasteiger partial charge on any atom is -0.376 e. The molecule has 0 radical (unpaired) electrons. The van der Waals surface area contributed by atoms with E-state index >= 15 is 0 Å². The van der Waals surface area contributed by atoms with E-state index in [9.17, 15) is 0 Å². The lowest BCUT2D eigenvalue weighted by atomic mass is 10.2. The highest BCUT2D eigenvalue weighted by atomic mass is 35.5. The highest BCUT2D eigenvalue weighted by Gasteiger charge is 2.17. The Morgan fingerprint density at radius 1 is 1.57 bits per heavy atom. The fraction of sp³-hybridized carbons (Fsp3) is 0.500. The predicted molar refractivity (Wildman–Crippen MR) is 87.6 cm³/mol. The molecule has 0 saturated carbocycles. The zero-order valence-electron chi connectivity index (χ0n) is 11.7. The van der Waals surface area contributed by atoms with Gasteiger partial charge in [0.1, 0.15) is 0 Å². The van der Waals surface area contributed by atoms with Crippen molar-refractivity contribution in [1.82, 2.24) is 9.78 Å². The number of hydrogen-bond acceptors (Lipinski definition) is 4. The molecule has 0 aromatic carbocycles. The summed E-state index contributed by atoms with van der Waals surface area (Å²) in [4.78, 5) is 0. The first-order valence-corrected chi connectivity index (χ1v) is 8.54. The highest BCUT2D eigenvalue weighted by molar-refractivity contribution is 7.20. The van der Waals surface area contributed by atoms with Gasteiger partial charge in [0.15, 0.2) is 0 Å². The van der Waals surface area contributed by atoms with Crippen molar-refractivity contribution in [2.75, 3.05) is 11.9 Å². The number of anilines is 1. The molecule has 1 saturated heterocycles. The van der Waals surface area contributed by atoms with Crippen LogP contribution < -0.4 is 5.32 Å². The number of rotatable bonds is 5. The van der Waals surface area contributed by atoms with Gasteiger partial charge in [0.25, 0.3) is 0 Å². The van der Waals surface area contributed by atoms with E-state index in [1.807, 2.05) is 23.1 Å². The maximum atomic E-state index is 6.18. The van der Waals surface area contributed by atoms with Crippen molar-refractivity contribution < 1.29 is 4.74 Å². The smallest absolute Gasteiger partial charge is 0.0996 e. The summed E-state index contributed by atoms with van der Waals surface area (Å²) in [6.45, 7) is 3.73. The van der Waals surface area contributed by atoms with Crippen molar-refractivity contribution in [3.8, 4) is 0 Å². The lowest BCUT2D eigenvalue weighted by Gasteiger charge is -2.13. The summed E-state index contributed by atoms with van der Waals surface area (Å²) in [6.07, 6.45) is 6.38. The fourth-order valence-corrected chi connectivity index (χ4v) is 4.16. The first kappa shape index (κ1) is 15.2. The molecule has 0 bridgehead atoms. The summed E-state index contributed by atoms with van der Waals surface area (Å²) in [6, 6.07) is 1.99. The topological polar surface area (TPSA) is 39.1 Å². The van der Waals surface area contributed by atoms with E-state index in [1.165, 1.54) is 11.3 Å². The van der Waals surface area contributed by atoms with Crippen LogP contribution in [-0.4, -0.2) is 22.5 Å². The van der Waals surface area contributed by atoms with Crippen LogP contribution in [0.4, 0.5) is 5.69 Å². The van der Waals surface area contributed by atoms with E-state index < -0.39 is 0 Å². The third kappa shape index (κ3) is 3.72. The molecule has 1 N–H and O–H groups in total. The average molecular weight is 346 g/mol. The largest absolute Gasteiger partial charge is 0.376 e. The number of ether oxygens (including phenoxy) is 1. The summed E-state index contributed by atoms with van der Waals surface area (Å²) in [5.41, 5.74) is 1.98. The van der Waals surface area contributed by atoms with E-state index in [1.54, 1.807) is 0 Å². The molecule has 7 heteroatoms. The first-order valence-electron chi connectivity index (χ1n) is 6.97. The molecule has 2 aromatic rings. The Balaban J connectivity index is 1.62. The van der Waals surface area contributed by atoms with Gasteiger partial charge in [-0.05, 0) is 25.8 Å². The van der Waals surface area contributed by atoms with Crippen molar-refractivity contribution in [2.24, 2.45) is 0 Å². The van der Waals surface area contributed by atoms with Crippen LogP contribution in [0.5, 0.6) is 0 Å². The number of thiophene rings is 1. The maximum absolute atomic E-state index is 6.18. The Hall–Kier alpha value is -0.750. The molecule has 1 fully saturated rings. The average Bonchev–Trinajstić information content (AvgIpc) is 3.13. The van der Waals surface area contributed by atoms with Gasteiger partial charge < -0.3 is 10.1 Å². The van der Waals surface area contributed by atoms with Crippen molar-refractivity contribution >= 4 is 40.2 Å². The Labute approximate surface area is 138 Å². The molecule has 2 atom stereocenters. The SMILES string of the molecule is CC(Nc1cnn(CC2CCCO2)c1)c1cc(Cl)sc1Cl. The normalized spacial score (nSPS) is 19.9. The molecule has 0 aliphatic carbocycles. The molecule has 2 aromatic heterocycles. The van der Waals surface area contributed by atoms with Gasteiger partial charge in [-0.3, -0.25) is 4.68 Å².